The maximum absolute atomic E-state index is 4.51. The van der Waals surface area contributed by atoms with Gasteiger partial charge in [0.2, 0.25) is 0 Å². The average Bonchev–Trinajstić information content (AvgIpc) is 2.97. The summed E-state index contributed by atoms with van der Waals surface area (Å²) < 4.78 is 1.14. The van der Waals surface area contributed by atoms with Crippen molar-refractivity contribution in [2.24, 2.45) is 0 Å². The van der Waals surface area contributed by atoms with Crippen molar-refractivity contribution < 1.29 is 0 Å². The van der Waals surface area contributed by atoms with Crippen molar-refractivity contribution in [3.8, 4) is 10.6 Å². The highest BCUT2D eigenvalue weighted by Crippen LogP contribution is 2.30. The molecule has 0 aliphatic carbocycles. The summed E-state index contributed by atoms with van der Waals surface area (Å²) in [7, 11) is 2.15. The molecule has 0 saturated carbocycles. The van der Waals surface area contributed by atoms with Crippen LogP contribution in [0.25, 0.3) is 10.6 Å². The monoisotopic (exact) mass is 326 g/mol. The SMILES string of the molecule is CN1CCNC(c2ncc(-c3ccc(Br)s3)[nH]2)C1. The third kappa shape index (κ3) is 2.51. The van der Waals surface area contributed by atoms with E-state index in [0.717, 1.165) is 34.9 Å². The first-order valence-corrected chi connectivity index (χ1v) is 7.56. The highest BCUT2D eigenvalue weighted by atomic mass is 79.9. The van der Waals surface area contributed by atoms with Gasteiger partial charge in [-0.25, -0.2) is 4.98 Å². The standard InChI is InChI=1S/C12H15BrN4S/c1-17-5-4-14-9(7-17)12-15-6-8(16-12)10-2-3-11(13)18-10/h2-3,6,9,14H,4-5,7H2,1H3,(H,15,16). The van der Waals surface area contributed by atoms with Gasteiger partial charge in [0.05, 0.1) is 26.6 Å². The van der Waals surface area contributed by atoms with Crippen molar-refractivity contribution in [2.75, 3.05) is 26.7 Å². The number of hydrogen-bond donors (Lipinski definition) is 2. The number of H-pyrrole nitrogens is 1. The predicted octanol–water partition coefficient (Wildman–Crippen LogP) is 2.48. The van der Waals surface area contributed by atoms with E-state index >= 15 is 0 Å². The highest BCUT2D eigenvalue weighted by Gasteiger charge is 2.20. The van der Waals surface area contributed by atoms with Gasteiger partial charge in [0.15, 0.2) is 0 Å². The number of imidazole rings is 1. The van der Waals surface area contributed by atoms with Crippen LogP contribution in [0, 0.1) is 0 Å². The number of nitrogens with one attached hydrogen (secondary N) is 2. The Morgan fingerprint density at radius 1 is 1.50 bits per heavy atom. The molecule has 2 aromatic heterocycles. The van der Waals surface area contributed by atoms with Gasteiger partial charge >= 0.3 is 0 Å². The Morgan fingerprint density at radius 3 is 3.11 bits per heavy atom. The number of nitrogens with zero attached hydrogens (tertiary/aromatic N) is 2. The predicted molar refractivity (Wildman–Crippen MR) is 77.8 cm³/mol. The van der Waals surface area contributed by atoms with Crippen LogP contribution in [0.4, 0.5) is 0 Å². The first-order valence-electron chi connectivity index (χ1n) is 5.95. The first kappa shape index (κ1) is 12.3. The minimum absolute atomic E-state index is 0.306. The molecule has 1 aliphatic rings. The lowest BCUT2D eigenvalue weighted by molar-refractivity contribution is 0.236. The van der Waals surface area contributed by atoms with Crippen LogP contribution in [0.15, 0.2) is 22.1 Å². The van der Waals surface area contributed by atoms with Crippen molar-refractivity contribution in [3.63, 3.8) is 0 Å². The van der Waals surface area contributed by atoms with Gasteiger partial charge < -0.3 is 15.2 Å². The van der Waals surface area contributed by atoms with Crippen molar-refractivity contribution in [3.05, 3.63) is 27.9 Å². The second-order valence-corrected chi connectivity index (χ2v) is 7.02. The molecule has 6 heteroatoms. The number of thiophene rings is 1. The Balaban J connectivity index is 1.80. The number of likely N-dealkylation sites (N-methyl/N-ethyl adjacent to an activating group) is 1. The number of hydrogen-bond acceptors (Lipinski definition) is 4. The van der Waals surface area contributed by atoms with Crippen LogP contribution in [0.5, 0.6) is 0 Å². The smallest absolute Gasteiger partial charge is 0.125 e. The second-order valence-electron chi connectivity index (χ2n) is 4.55. The van der Waals surface area contributed by atoms with Gasteiger partial charge in [-0.1, -0.05) is 0 Å². The van der Waals surface area contributed by atoms with Crippen molar-refractivity contribution in [1.82, 2.24) is 20.2 Å². The van der Waals surface area contributed by atoms with E-state index < -0.39 is 0 Å². The molecule has 3 rings (SSSR count). The van der Waals surface area contributed by atoms with Crippen LogP contribution in [0.2, 0.25) is 0 Å². The minimum Gasteiger partial charge on any atom is -0.340 e. The fourth-order valence-electron chi connectivity index (χ4n) is 2.18. The molecule has 0 aromatic carbocycles. The summed E-state index contributed by atoms with van der Waals surface area (Å²) in [5.41, 5.74) is 1.09. The minimum atomic E-state index is 0.306. The third-order valence-corrected chi connectivity index (χ3v) is 4.80. The van der Waals surface area contributed by atoms with Gasteiger partial charge in [-0.2, -0.15) is 0 Å². The van der Waals surface area contributed by atoms with Gasteiger partial charge in [0, 0.05) is 19.6 Å². The Bertz CT molecular complexity index is 536. The number of halogens is 1. The van der Waals surface area contributed by atoms with E-state index in [2.05, 4.69) is 55.3 Å². The van der Waals surface area contributed by atoms with E-state index in [-0.39, 0.29) is 0 Å². The first-order chi connectivity index (χ1) is 8.72. The van der Waals surface area contributed by atoms with Gasteiger partial charge in [-0.3, -0.25) is 0 Å². The van der Waals surface area contributed by atoms with Crippen molar-refractivity contribution in [2.45, 2.75) is 6.04 Å². The van der Waals surface area contributed by atoms with E-state index in [1.54, 1.807) is 11.3 Å². The summed E-state index contributed by atoms with van der Waals surface area (Å²) in [5.74, 6) is 1.03. The van der Waals surface area contributed by atoms with Crippen LogP contribution in [-0.2, 0) is 0 Å². The molecule has 1 saturated heterocycles. The van der Waals surface area contributed by atoms with E-state index in [1.165, 1.54) is 4.88 Å². The molecule has 2 N–H and O–H groups in total. The quantitative estimate of drug-likeness (QED) is 0.891. The second kappa shape index (κ2) is 5.13. The molecule has 1 atom stereocenters. The van der Waals surface area contributed by atoms with Gasteiger partial charge in [-0.05, 0) is 35.1 Å². The molecule has 1 aliphatic heterocycles. The lowest BCUT2D eigenvalue weighted by Crippen LogP contribution is -2.44. The van der Waals surface area contributed by atoms with E-state index in [0.29, 0.717) is 6.04 Å². The van der Waals surface area contributed by atoms with E-state index in [4.69, 9.17) is 0 Å². The molecule has 0 radical (unpaired) electrons. The Hall–Kier alpha value is -0.690. The van der Waals surface area contributed by atoms with Crippen LogP contribution in [0.3, 0.4) is 0 Å². The maximum atomic E-state index is 4.51. The van der Waals surface area contributed by atoms with Crippen LogP contribution in [0.1, 0.15) is 11.9 Å². The zero-order chi connectivity index (χ0) is 12.5. The fraction of sp³-hybridized carbons (Fsp3) is 0.417. The summed E-state index contributed by atoms with van der Waals surface area (Å²) in [6.45, 7) is 3.12. The van der Waals surface area contributed by atoms with Crippen LogP contribution >= 0.6 is 27.3 Å². The van der Waals surface area contributed by atoms with Gasteiger partial charge in [0.1, 0.15) is 5.82 Å². The normalized spacial score (nSPS) is 21.3. The molecule has 3 heterocycles. The average molecular weight is 327 g/mol. The largest absolute Gasteiger partial charge is 0.340 e. The molecule has 1 unspecified atom stereocenters. The lowest BCUT2D eigenvalue weighted by atomic mass is 10.2. The van der Waals surface area contributed by atoms with Crippen molar-refractivity contribution in [1.29, 1.82) is 0 Å². The molecule has 2 aromatic rings. The van der Waals surface area contributed by atoms with Crippen LogP contribution in [-0.4, -0.2) is 41.5 Å². The van der Waals surface area contributed by atoms with E-state index in [1.807, 2.05) is 6.20 Å². The Morgan fingerprint density at radius 2 is 2.39 bits per heavy atom. The number of aromatic nitrogens is 2. The molecule has 1 fully saturated rings. The Kier molecular flexibility index (Phi) is 3.52. The summed E-state index contributed by atoms with van der Waals surface area (Å²) in [6.07, 6.45) is 1.92. The molecule has 0 spiro atoms. The molecular weight excluding hydrogens is 312 g/mol. The van der Waals surface area contributed by atoms with Gasteiger partial charge in [0.25, 0.3) is 0 Å². The van der Waals surface area contributed by atoms with Gasteiger partial charge in [-0.15, -0.1) is 11.3 Å². The van der Waals surface area contributed by atoms with Crippen LogP contribution < -0.4 is 5.32 Å². The number of piperazine rings is 1. The summed E-state index contributed by atoms with van der Waals surface area (Å²) in [6, 6.07) is 4.47. The molecule has 0 amide bonds. The lowest BCUT2D eigenvalue weighted by Gasteiger charge is -2.29. The molecule has 0 bridgehead atoms. The molecular formula is C12H15BrN4S. The summed E-state index contributed by atoms with van der Waals surface area (Å²) >= 11 is 5.20. The van der Waals surface area contributed by atoms with E-state index in [9.17, 15) is 0 Å². The summed E-state index contributed by atoms with van der Waals surface area (Å²) in [4.78, 5) is 11.5. The summed E-state index contributed by atoms with van der Waals surface area (Å²) in [5, 5.41) is 3.49. The molecule has 4 nitrogen and oxygen atoms in total. The topological polar surface area (TPSA) is 44.0 Å². The third-order valence-electron chi connectivity index (χ3n) is 3.14. The Labute approximate surface area is 119 Å². The zero-order valence-electron chi connectivity index (χ0n) is 10.1. The number of aromatic amines is 1. The molecule has 18 heavy (non-hydrogen) atoms. The molecule has 96 valence electrons. The maximum Gasteiger partial charge on any atom is 0.125 e. The zero-order valence-corrected chi connectivity index (χ0v) is 12.5. The van der Waals surface area contributed by atoms with Crippen molar-refractivity contribution >= 4 is 27.3 Å². The number of rotatable bonds is 2. The fourth-order valence-corrected chi connectivity index (χ4v) is 3.53. The highest BCUT2D eigenvalue weighted by molar-refractivity contribution is 9.11.